The maximum absolute atomic E-state index is 11.4. The number of hydrogen-bond acceptors (Lipinski definition) is 6. The molecule has 1 unspecified atom stereocenters. The highest BCUT2D eigenvalue weighted by molar-refractivity contribution is 5.75. The first kappa shape index (κ1) is 17.1. The van der Waals surface area contributed by atoms with E-state index in [2.05, 4.69) is 10.6 Å². The van der Waals surface area contributed by atoms with Gasteiger partial charge < -0.3 is 24.8 Å². The van der Waals surface area contributed by atoms with Crippen molar-refractivity contribution in [3.05, 3.63) is 18.2 Å². The summed E-state index contributed by atoms with van der Waals surface area (Å²) in [6.07, 6.45) is 0. The van der Waals surface area contributed by atoms with Crippen LogP contribution in [-0.2, 0) is 9.53 Å². The number of rotatable bonds is 9. The highest BCUT2D eigenvalue weighted by Gasteiger charge is 2.12. The molecule has 0 aliphatic heterocycles. The van der Waals surface area contributed by atoms with Crippen LogP contribution >= 0.6 is 0 Å². The molecule has 0 heterocycles. The summed E-state index contributed by atoms with van der Waals surface area (Å²) in [5.41, 5.74) is 0.879. The average molecular weight is 296 g/mol. The second-order valence-corrected chi connectivity index (χ2v) is 4.42. The number of hydrogen-bond donors (Lipinski definition) is 2. The van der Waals surface area contributed by atoms with Crippen molar-refractivity contribution in [3.8, 4) is 11.5 Å². The van der Waals surface area contributed by atoms with Gasteiger partial charge in [0, 0.05) is 19.2 Å². The topological polar surface area (TPSA) is 68.8 Å². The Morgan fingerprint density at radius 2 is 2.00 bits per heavy atom. The molecule has 0 saturated carbocycles. The van der Waals surface area contributed by atoms with Gasteiger partial charge in [-0.3, -0.25) is 4.79 Å². The Bertz CT molecular complexity index is 451. The fraction of sp³-hybridized carbons (Fsp3) is 0.533. The van der Waals surface area contributed by atoms with Gasteiger partial charge in [-0.15, -0.1) is 0 Å². The van der Waals surface area contributed by atoms with E-state index in [1.807, 2.05) is 18.2 Å². The fourth-order valence-electron chi connectivity index (χ4n) is 1.78. The summed E-state index contributed by atoms with van der Waals surface area (Å²) in [4.78, 5) is 11.4. The highest BCUT2D eigenvalue weighted by Crippen LogP contribution is 2.28. The molecule has 0 aliphatic rings. The Hall–Kier alpha value is -1.95. The van der Waals surface area contributed by atoms with Crippen LogP contribution in [0.3, 0.4) is 0 Å². The van der Waals surface area contributed by atoms with Gasteiger partial charge in [0.1, 0.15) is 17.5 Å². The molecule has 0 aliphatic carbocycles. The second kappa shape index (κ2) is 9.07. The van der Waals surface area contributed by atoms with Gasteiger partial charge in [-0.1, -0.05) is 0 Å². The predicted octanol–water partition coefficient (Wildman–Crippen LogP) is 1.66. The molecule has 1 aromatic rings. The Balaban J connectivity index is 2.40. The Morgan fingerprint density at radius 1 is 1.24 bits per heavy atom. The van der Waals surface area contributed by atoms with Gasteiger partial charge in [0.25, 0.3) is 0 Å². The van der Waals surface area contributed by atoms with Crippen molar-refractivity contribution in [1.29, 1.82) is 0 Å². The minimum Gasteiger partial charge on any atom is -0.497 e. The van der Waals surface area contributed by atoms with E-state index in [4.69, 9.17) is 14.2 Å². The molecule has 2 N–H and O–H groups in total. The van der Waals surface area contributed by atoms with E-state index < -0.39 is 0 Å². The van der Waals surface area contributed by atoms with E-state index in [-0.39, 0.29) is 12.0 Å². The summed E-state index contributed by atoms with van der Waals surface area (Å²) < 4.78 is 15.4. The summed E-state index contributed by atoms with van der Waals surface area (Å²) in [5, 5.41) is 6.34. The van der Waals surface area contributed by atoms with Crippen molar-refractivity contribution < 1.29 is 19.0 Å². The molecule has 21 heavy (non-hydrogen) atoms. The lowest BCUT2D eigenvalue weighted by molar-refractivity contribution is -0.145. The van der Waals surface area contributed by atoms with Crippen LogP contribution in [0.5, 0.6) is 11.5 Å². The van der Waals surface area contributed by atoms with Crippen LogP contribution in [0.2, 0.25) is 0 Å². The van der Waals surface area contributed by atoms with Gasteiger partial charge in [0.05, 0.1) is 26.5 Å². The zero-order valence-electron chi connectivity index (χ0n) is 13.1. The van der Waals surface area contributed by atoms with Gasteiger partial charge in [-0.25, -0.2) is 0 Å². The van der Waals surface area contributed by atoms with Crippen molar-refractivity contribution in [2.75, 3.05) is 39.2 Å². The molecule has 0 saturated heterocycles. The molecule has 1 aromatic carbocycles. The number of carbonyl (C=O) groups excluding carboxylic acids is 1. The molecule has 0 amide bonds. The first-order valence-electron chi connectivity index (χ1n) is 6.98. The third-order valence-corrected chi connectivity index (χ3v) is 2.94. The Morgan fingerprint density at radius 3 is 2.62 bits per heavy atom. The monoisotopic (exact) mass is 296 g/mol. The van der Waals surface area contributed by atoms with Crippen molar-refractivity contribution in [2.45, 2.75) is 19.9 Å². The second-order valence-electron chi connectivity index (χ2n) is 4.42. The molecule has 1 atom stereocenters. The highest BCUT2D eigenvalue weighted by atomic mass is 16.5. The maximum atomic E-state index is 11.4. The van der Waals surface area contributed by atoms with Crippen molar-refractivity contribution in [3.63, 3.8) is 0 Å². The summed E-state index contributed by atoms with van der Waals surface area (Å²) in [5.74, 6) is 1.22. The summed E-state index contributed by atoms with van der Waals surface area (Å²) >= 11 is 0. The largest absolute Gasteiger partial charge is 0.497 e. The van der Waals surface area contributed by atoms with Gasteiger partial charge in [-0.2, -0.15) is 0 Å². The fourth-order valence-corrected chi connectivity index (χ4v) is 1.78. The van der Waals surface area contributed by atoms with Crippen LogP contribution in [0.25, 0.3) is 0 Å². The van der Waals surface area contributed by atoms with Gasteiger partial charge >= 0.3 is 5.97 Å². The number of ether oxygens (including phenoxy) is 3. The summed E-state index contributed by atoms with van der Waals surface area (Å²) in [6, 6.07) is 5.26. The van der Waals surface area contributed by atoms with Crippen LogP contribution in [0.4, 0.5) is 5.69 Å². The van der Waals surface area contributed by atoms with Crippen LogP contribution in [0.15, 0.2) is 18.2 Å². The van der Waals surface area contributed by atoms with Crippen LogP contribution in [0.1, 0.15) is 13.8 Å². The van der Waals surface area contributed by atoms with Gasteiger partial charge in [0.15, 0.2) is 0 Å². The number of nitrogens with one attached hydrogen (secondary N) is 2. The zero-order valence-corrected chi connectivity index (χ0v) is 13.1. The smallest absolute Gasteiger partial charge is 0.322 e. The van der Waals surface area contributed by atoms with E-state index in [1.54, 1.807) is 28.1 Å². The Labute approximate surface area is 125 Å². The maximum Gasteiger partial charge on any atom is 0.322 e. The minimum atomic E-state index is -0.315. The molecule has 118 valence electrons. The first-order valence-corrected chi connectivity index (χ1v) is 6.98. The lowest BCUT2D eigenvalue weighted by atomic mass is 10.2. The van der Waals surface area contributed by atoms with Crippen molar-refractivity contribution in [1.82, 2.24) is 5.32 Å². The molecule has 0 spiro atoms. The standard InChI is InChI=1S/C15H24N2O4/c1-5-21-15(18)11(2)16-8-9-17-13-7-6-12(19-3)10-14(13)20-4/h6-7,10-11,16-17H,5,8-9H2,1-4H3. The van der Waals surface area contributed by atoms with E-state index in [0.717, 1.165) is 11.4 Å². The summed E-state index contributed by atoms with van der Waals surface area (Å²) in [6.45, 7) is 5.27. The molecular weight excluding hydrogens is 272 g/mol. The number of carbonyl (C=O) groups is 1. The van der Waals surface area contributed by atoms with Crippen molar-refractivity contribution in [2.24, 2.45) is 0 Å². The number of esters is 1. The van der Waals surface area contributed by atoms with Crippen LogP contribution in [0, 0.1) is 0 Å². The van der Waals surface area contributed by atoms with E-state index in [9.17, 15) is 4.79 Å². The molecule has 1 rings (SSSR count). The quantitative estimate of drug-likeness (QED) is 0.533. The molecule has 0 bridgehead atoms. The predicted molar refractivity (Wildman–Crippen MR) is 82.1 cm³/mol. The zero-order chi connectivity index (χ0) is 15.7. The number of methoxy groups -OCH3 is 2. The molecule has 6 nitrogen and oxygen atoms in total. The molecule has 0 radical (unpaired) electrons. The van der Waals surface area contributed by atoms with Crippen molar-refractivity contribution >= 4 is 11.7 Å². The number of benzene rings is 1. The molecule has 0 aromatic heterocycles. The third-order valence-electron chi connectivity index (χ3n) is 2.94. The van der Waals surface area contributed by atoms with E-state index in [0.29, 0.717) is 25.4 Å². The van der Waals surface area contributed by atoms with Gasteiger partial charge in [0.2, 0.25) is 0 Å². The van der Waals surface area contributed by atoms with Crippen LogP contribution in [-0.4, -0.2) is 45.9 Å². The van der Waals surface area contributed by atoms with Crippen LogP contribution < -0.4 is 20.1 Å². The SMILES string of the molecule is CCOC(=O)C(C)NCCNc1ccc(OC)cc1OC. The number of anilines is 1. The Kier molecular flexibility index (Phi) is 7.39. The normalized spacial score (nSPS) is 11.6. The van der Waals surface area contributed by atoms with E-state index in [1.165, 1.54) is 0 Å². The van der Waals surface area contributed by atoms with E-state index >= 15 is 0 Å². The average Bonchev–Trinajstić information content (AvgIpc) is 2.51. The molecule has 0 fully saturated rings. The van der Waals surface area contributed by atoms with Gasteiger partial charge in [-0.05, 0) is 26.0 Å². The molecule has 6 heteroatoms. The first-order chi connectivity index (χ1) is 10.1. The molecular formula is C15H24N2O4. The third kappa shape index (κ3) is 5.51. The summed E-state index contributed by atoms with van der Waals surface area (Å²) in [7, 11) is 3.23. The lowest BCUT2D eigenvalue weighted by Gasteiger charge is -2.15. The minimum absolute atomic E-state index is 0.237. The lowest BCUT2D eigenvalue weighted by Crippen LogP contribution is -2.38.